The summed E-state index contributed by atoms with van der Waals surface area (Å²) in [5.41, 5.74) is 8.58. The normalized spacial score (nSPS) is 13.2. The fraction of sp³-hybridized carbons (Fsp3) is 0.300. The minimum Gasteiger partial charge on any atom is -0.0654 e. The van der Waals surface area contributed by atoms with Gasteiger partial charge in [0.05, 0.1) is 0 Å². The monoisotopic (exact) mass is 262 g/mol. The van der Waals surface area contributed by atoms with E-state index < -0.39 is 0 Å². The Morgan fingerprint density at radius 2 is 1.80 bits per heavy atom. The van der Waals surface area contributed by atoms with Crippen molar-refractivity contribution in [3.63, 3.8) is 0 Å². The third kappa shape index (κ3) is 2.56. The fourth-order valence-corrected chi connectivity index (χ4v) is 2.99. The van der Waals surface area contributed by atoms with E-state index in [2.05, 4.69) is 62.4 Å². The molecule has 20 heavy (non-hydrogen) atoms. The van der Waals surface area contributed by atoms with Gasteiger partial charge in [0.1, 0.15) is 0 Å². The summed E-state index contributed by atoms with van der Waals surface area (Å²) in [4.78, 5) is 0. The molecule has 1 aliphatic rings. The minimum atomic E-state index is 1.15. The van der Waals surface area contributed by atoms with E-state index in [0.29, 0.717) is 0 Å². The van der Waals surface area contributed by atoms with Gasteiger partial charge >= 0.3 is 0 Å². The lowest BCUT2D eigenvalue weighted by atomic mass is 9.96. The summed E-state index contributed by atoms with van der Waals surface area (Å²) in [7, 11) is 0. The molecule has 1 aliphatic carbocycles. The molecule has 0 unspecified atom stereocenters. The van der Waals surface area contributed by atoms with E-state index in [1.54, 1.807) is 5.57 Å². The molecule has 0 heterocycles. The zero-order valence-electron chi connectivity index (χ0n) is 12.4. The van der Waals surface area contributed by atoms with Crippen molar-refractivity contribution in [3.05, 3.63) is 64.7 Å². The predicted molar refractivity (Wildman–Crippen MR) is 87.8 cm³/mol. The van der Waals surface area contributed by atoms with Crippen LogP contribution in [0.3, 0.4) is 0 Å². The van der Waals surface area contributed by atoms with Gasteiger partial charge in [-0.25, -0.2) is 0 Å². The van der Waals surface area contributed by atoms with E-state index in [4.69, 9.17) is 0 Å². The van der Waals surface area contributed by atoms with Crippen molar-refractivity contribution in [1.29, 1.82) is 0 Å². The Morgan fingerprint density at radius 1 is 1.00 bits per heavy atom. The van der Waals surface area contributed by atoms with Crippen LogP contribution in [0.1, 0.15) is 42.9 Å². The molecule has 102 valence electrons. The molecule has 0 aliphatic heterocycles. The first-order valence-electron chi connectivity index (χ1n) is 7.66. The van der Waals surface area contributed by atoms with Crippen LogP contribution in [0.2, 0.25) is 0 Å². The highest BCUT2D eigenvalue weighted by Gasteiger charge is 2.15. The summed E-state index contributed by atoms with van der Waals surface area (Å²) < 4.78 is 0. The molecule has 0 nitrogen and oxygen atoms in total. The molecule has 0 radical (unpaired) electrons. The van der Waals surface area contributed by atoms with Crippen molar-refractivity contribution >= 4 is 6.08 Å². The number of rotatable bonds is 4. The summed E-state index contributed by atoms with van der Waals surface area (Å²) in [6.45, 7) is 4.41. The topological polar surface area (TPSA) is 0 Å². The van der Waals surface area contributed by atoms with Crippen LogP contribution >= 0.6 is 0 Å². The number of hydrogen-bond donors (Lipinski definition) is 0. The average Bonchev–Trinajstić information content (AvgIpc) is 2.89. The number of benzene rings is 2. The highest BCUT2D eigenvalue weighted by molar-refractivity contribution is 5.80. The maximum atomic E-state index is 2.43. The Kier molecular flexibility index (Phi) is 3.73. The molecule has 0 fully saturated rings. The van der Waals surface area contributed by atoms with Gasteiger partial charge in [0, 0.05) is 0 Å². The average molecular weight is 262 g/mol. The molecule has 0 amide bonds. The summed E-state index contributed by atoms with van der Waals surface area (Å²) in [6, 6.07) is 15.6. The summed E-state index contributed by atoms with van der Waals surface area (Å²) in [5.74, 6) is 0. The molecule has 2 aromatic carbocycles. The number of hydrogen-bond acceptors (Lipinski definition) is 0. The summed E-state index contributed by atoms with van der Waals surface area (Å²) >= 11 is 0. The lowest BCUT2D eigenvalue weighted by molar-refractivity contribution is 0.779. The first kappa shape index (κ1) is 13.2. The van der Waals surface area contributed by atoms with Crippen molar-refractivity contribution in [2.75, 3.05) is 0 Å². The summed E-state index contributed by atoms with van der Waals surface area (Å²) in [6.07, 6.45) is 7.41. The van der Waals surface area contributed by atoms with Gasteiger partial charge in [-0.3, -0.25) is 0 Å². The van der Waals surface area contributed by atoms with Gasteiger partial charge in [-0.2, -0.15) is 0 Å². The third-order valence-corrected chi connectivity index (χ3v) is 4.18. The Bertz CT molecular complexity index is 630. The van der Waals surface area contributed by atoms with E-state index in [1.807, 2.05) is 0 Å². The van der Waals surface area contributed by atoms with Gasteiger partial charge in [0.15, 0.2) is 0 Å². The molecule has 0 saturated heterocycles. The summed E-state index contributed by atoms with van der Waals surface area (Å²) in [5, 5.41) is 0. The zero-order valence-corrected chi connectivity index (χ0v) is 12.4. The van der Waals surface area contributed by atoms with E-state index >= 15 is 0 Å². The second-order valence-electron chi connectivity index (χ2n) is 5.83. The molecule has 0 bridgehead atoms. The molecule has 3 rings (SSSR count). The van der Waals surface area contributed by atoms with Crippen LogP contribution < -0.4 is 0 Å². The third-order valence-electron chi connectivity index (χ3n) is 4.18. The Balaban J connectivity index is 1.97. The fourth-order valence-electron chi connectivity index (χ4n) is 2.99. The molecule has 0 atom stereocenters. The second kappa shape index (κ2) is 5.66. The lowest BCUT2D eigenvalue weighted by Crippen LogP contribution is -1.88. The lowest BCUT2D eigenvalue weighted by Gasteiger charge is -2.08. The van der Waals surface area contributed by atoms with Gasteiger partial charge in [0.2, 0.25) is 0 Å². The molecule has 0 N–H and O–H groups in total. The van der Waals surface area contributed by atoms with Crippen LogP contribution in [0.4, 0.5) is 0 Å². The number of unbranched alkanes of at least 4 members (excludes halogenated alkanes) is 1. The van der Waals surface area contributed by atoms with E-state index in [9.17, 15) is 0 Å². The standard InChI is InChI=1S/C20H22/c1-3-4-6-16-13-18-7-5-8-19(20(18)14-16)17-11-9-15(2)10-12-17/h5,7-12,14H,3-4,6,13H2,1-2H3. The Morgan fingerprint density at radius 3 is 2.55 bits per heavy atom. The number of aryl methyl sites for hydroxylation is 1. The van der Waals surface area contributed by atoms with Crippen LogP contribution in [-0.4, -0.2) is 0 Å². The maximum Gasteiger partial charge on any atom is -0.00576 e. The minimum absolute atomic E-state index is 1.15. The van der Waals surface area contributed by atoms with E-state index in [-0.39, 0.29) is 0 Å². The van der Waals surface area contributed by atoms with Crippen LogP contribution in [0.5, 0.6) is 0 Å². The number of allylic oxidation sites excluding steroid dienone is 1. The molecule has 0 saturated carbocycles. The molecule has 0 aromatic heterocycles. The van der Waals surface area contributed by atoms with Gasteiger partial charge in [-0.05, 0) is 48.4 Å². The van der Waals surface area contributed by atoms with Crippen LogP contribution in [0, 0.1) is 6.92 Å². The second-order valence-corrected chi connectivity index (χ2v) is 5.83. The number of fused-ring (bicyclic) bond motifs is 1. The van der Waals surface area contributed by atoms with Crippen molar-refractivity contribution in [3.8, 4) is 11.1 Å². The first-order valence-corrected chi connectivity index (χ1v) is 7.66. The highest BCUT2D eigenvalue weighted by atomic mass is 14.2. The largest absolute Gasteiger partial charge is 0.0654 e. The van der Waals surface area contributed by atoms with Crippen molar-refractivity contribution in [1.82, 2.24) is 0 Å². The quantitative estimate of drug-likeness (QED) is 0.654. The van der Waals surface area contributed by atoms with Gasteiger partial charge in [-0.15, -0.1) is 0 Å². The predicted octanol–water partition coefficient (Wildman–Crippen LogP) is 5.79. The van der Waals surface area contributed by atoms with Crippen LogP contribution in [0.15, 0.2) is 48.0 Å². The molecule has 0 heteroatoms. The van der Waals surface area contributed by atoms with Gasteiger partial charge < -0.3 is 0 Å². The smallest absolute Gasteiger partial charge is 0.00576 e. The molecular weight excluding hydrogens is 240 g/mol. The van der Waals surface area contributed by atoms with Crippen molar-refractivity contribution < 1.29 is 0 Å². The molecule has 0 spiro atoms. The molecule has 2 aromatic rings. The van der Waals surface area contributed by atoms with Crippen LogP contribution in [0.25, 0.3) is 17.2 Å². The SMILES string of the molecule is CCCCC1=Cc2c(cccc2-c2ccc(C)cc2)C1. The van der Waals surface area contributed by atoms with E-state index in [0.717, 1.165) is 6.42 Å². The Labute approximate surface area is 122 Å². The van der Waals surface area contributed by atoms with E-state index in [1.165, 1.54) is 47.1 Å². The van der Waals surface area contributed by atoms with Crippen molar-refractivity contribution in [2.24, 2.45) is 0 Å². The van der Waals surface area contributed by atoms with Crippen LogP contribution in [-0.2, 0) is 6.42 Å². The highest BCUT2D eigenvalue weighted by Crippen LogP contribution is 2.35. The van der Waals surface area contributed by atoms with Gasteiger partial charge in [0.25, 0.3) is 0 Å². The maximum absolute atomic E-state index is 2.43. The van der Waals surface area contributed by atoms with Crippen molar-refractivity contribution in [2.45, 2.75) is 39.5 Å². The molecular formula is C20H22. The zero-order chi connectivity index (χ0) is 13.9. The first-order chi connectivity index (χ1) is 9.78. The Hall–Kier alpha value is -1.82. The van der Waals surface area contributed by atoms with Gasteiger partial charge in [-0.1, -0.05) is 73.0 Å².